The van der Waals surface area contributed by atoms with Crippen molar-refractivity contribution >= 4 is 23.4 Å². The zero-order chi connectivity index (χ0) is 15.4. The van der Waals surface area contributed by atoms with Crippen molar-refractivity contribution in [3.63, 3.8) is 0 Å². The highest BCUT2D eigenvalue weighted by molar-refractivity contribution is 5.89. The molecule has 7 nitrogen and oxygen atoms in total. The number of nitrogens with zero attached hydrogens (tertiary/aromatic N) is 3. The highest BCUT2D eigenvalue weighted by atomic mass is 16.5. The Labute approximate surface area is 123 Å². The lowest BCUT2D eigenvalue weighted by atomic mass is 10.3. The second kappa shape index (κ2) is 6.43. The predicted molar refractivity (Wildman–Crippen MR) is 79.1 cm³/mol. The van der Waals surface area contributed by atoms with Crippen LogP contribution in [0.3, 0.4) is 0 Å². The van der Waals surface area contributed by atoms with Gasteiger partial charge in [0, 0.05) is 20.1 Å². The predicted octanol–water partition coefficient (Wildman–Crippen LogP) is 0.509. The summed E-state index contributed by atoms with van der Waals surface area (Å²) in [6, 6.07) is 3.09. The van der Waals surface area contributed by atoms with Gasteiger partial charge < -0.3 is 20.3 Å². The van der Waals surface area contributed by atoms with E-state index in [2.05, 4.69) is 9.72 Å². The van der Waals surface area contributed by atoms with Crippen molar-refractivity contribution in [1.82, 2.24) is 9.88 Å². The van der Waals surface area contributed by atoms with Crippen LogP contribution in [0.2, 0.25) is 0 Å². The van der Waals surface area contributed by atoms with E-state index in [0.717, 1.165) is 25.9 Å². The fourth-order valence-electron chi connectivity index (χ4n) is 2.33. The normalized spacial score (nSPS) is 14.1. The molecule has 114 valence electrons. The third-order valence-electron chi connectivity index (χ3n) is 3.49. The molecule has 1 amide bonds. The summed E-state index contributed by atoms with van der Waals surface area (Å²) in [5.41, 5.74) is 6.46. The van der Waals surface area contributed by atoms with Crippen LogP contribution >= 0.6 is 0 Å². The molecule has 2 heterocycles. The minimum atomic E-state index is -0.532. The molecule has 2 N–H and O–H groups in total. The van der Waals surface area contributed by atoms with Crippen LogP contribution in [-0.4, -0.2) is 55.6 Å². The molecule has 0 bridgehead atoms. The summed E-state index contributed by atoms with van der Waals surface area (Å²) in [6.07, 6.45) is 2.10. The van der Waals surface area contributed by atoms with Gasteiger partial charge in [0.05, 0.1) is 19.3 Å². The molecule has 2 rings (SSSR count). The van der Waals surface area contributed by atoms with Gasteiger partial charge in [0.15, 0.2) is 11.5 Å². The van der Waals surface area contributed by atoms with Crippen molar-refractivity contribution in [3.05, 3.63) is 17.8 Å². The summed E-state index contributed by atoms with van der Waals surface area (Å²) in [4.78, 5) is 31.3. The Morgan fingerprint density at radius 3 is 2.67 bits per heavy atom. The molecular formula is C14H20N4O3. The van der Waals surface area contributed by atoms with Crippen molar-refractivity contribution in [2.45, 2.75) is 12.8 Å². The molecule has 0 saturated carbocycles. The number of hydrogen-bond donors (Lipinski definition) is 1. The van der Waals surface area contributed by atoms with Crippen LogP contribution in [0.4, 0.5) is 11.5 Å². The number of pyridine rings is 1. The van der Waals surface area contributed by atoms with E-state index in [4.69, 9.17) is 5.73 Å². The number of carbonyl (C=O) groups excluding carboxylic acids is 2. The number of nitrogen functional groups attached to an aromatic ring is 1. The number of amides is 1. The number of esters is 1. The quantitative estimate of drug-likeness (QED) is 0.813. The first-order valence-corrected chi connectivity index (χ1v) is 6.86. The van der Waals surface area contributed by atoms with E-state index in [9.17, 15) is 9.59 Å². The second-order valence-corrected chi connectivity index (χ2v) is 5.04. The second-order valence-electron chi connectivity index (χ2n) is 5.04. The zero-order valence-corrected chi connectivity index (χ0v) is 12.3. The molecule has 1 aromatic heterocycles. The molecule has 0 aromatic carbocycles. The van der Waals surface area contributed by atoms with Crippen LogP contribution in [-0.2, 0) is 9.53 Å². The Morgan fingerprint density at radius 2 is 2.05 bits per heavy atom. The van der Waals surface area contributed by atoms with Gasteiger partial charge in [-0.2, -0.15) is 0 Å². The lowest BCUT2D eigenvalue weighted by Gasteiger charge is -2.23. The number of hydrogen-bond acceptors (Lipinski definition) is 6. The monoisotopic (exact) mass is 292 g/mol. The topological polar surface area (TPSA) is 88.8 Å². The maximum absolute atomic E-state index is 12.1. The molecule has 0 radical (unpaired) electrons. The van der Waals surface area contributed by atoms with E-state index in [0.29, 0.717) is 11.5 Å². The summed E-state index contributed by atoms with van der Waals surface area (Å²) < 4.78 is 4.64. The fourth-order valence-corrected chi connectivity index (χ4v) is 2.33. The Hall–Kier alpha value is -2.31. The van der Waals surface area contributed by atoms with Crippen LogP contribution in [0.15, 0.2) is 12.1 Å². The molecule has 1 aliphatic heterocycles. The van der Waals surface area contributed by atoms with Gasteiger partial charge in [0.2, 0.25) is 5.91 Å². The number of anilines is 2. The first-order chi connectivity index (χ1) is 10.0. The summed E-state index contributed by atoms with van der Waals surface area (Å²) in [6.45, 7) is 1.79. The maximum Gasteiger partial charge on any atom is 0.356 e. The van der Waals surface area contributed by atoms with Crippen molar-refractivity contribution in [1.29, 1.82) is 0 Å². The Morgan fingerprint density at radius 1 is 1.38 bits per heavy atom. The third-order valence-corrected chi connectivity index (χ3v) is 3.49. The first-order valence-electron chi connectivity index (χ1n) is 6.86. The van der Waals surface area contributed by atoms with Crippen LogP contribution in [0.1, 0.15) is 23.3 Å². The first kappa shape index (κ1) is 15.1. The van der Waals surface area contributed by atoms with Crippen molar-refractivity contribution in [2.75, 3.05) is 44.4 Å². The van der Waals surface area contributed by atoms with E-state index < -0.39 is 5.97 Å². The largest absolute Gasteiger partial charge is 0.464 e. The van der Waals surface area contributed by atoms with E-state index in [1.54, 1.807) is 18.0 Å². The lowest BCUT2D eigenvalue weighted by molar-refractivity contribution is -0.128. The number of ether oxygens (including phenoxy) is 1. The molecule has 0 atom stereocenters. The molecule has 7 heteroatoms. The Balaban J connectivity index is 2.12. The molecule has 1 aromatic rings. The maximum atomic E-state index is 12.1. The van der Waals surface area contributed by atoms with E-state index >= 15 is 0 Å². The van der Waals surface area contributed by atoms with Gasteiger partial charge in [-0.1, -0.05) is 0 Å². The van der Waals surface area contributed by atoms with E-state index in [1.165, 1.54) is 13.2 Å². The number of nitrogens with two attached hydrogens (primary N) is 1. The van der Waals surface area contributed by atoms with Gasteiger partial charge in [0.1, 0.15) is 0 Å². The van der Waals surface area contributed by atoms with Crippen molar-refractivity contribution in [2.24, 2.45) is 0 Å². The molecule has 1 fully saturated rings. The van der Waals surface area contributed by atoms with Crippen LogP contribution in [0.5, 0.6) is 0 Å². The number of methoxy groups -OCH3 is 1. The van der Waals surface area contributed by atoms with Gasteiger partial charge in [-0.25, -0.2) is 9.78 Å². The van der Waals surface area contributed by atoms with Gasteiger partial charge in [0.25, 0.3) is 0 Å². The number of likely N-dealkylation sites (tertiary alicyclic amines) is 1. The third kappa shape index (κ3) is 3.42. The van der Waals surface area contributed by atoms with E-state index in [-0.39, 0.29) is 18.1 Å². The molecular weight excluding hydrogens is 272 g/mol. The fraction of sp³-hybridized carbons (Fsp3) is 0.500. The van der Waals surface area contributed by atoms with Crippen LogP contribution < -0.4 is 10.6 Å². The minimum absolute atomic E-state index is 0.0414. The SMILES string of the molecule is COC(=O)c1ccc(N)c(N(C)CC(=O)N2CCCC2)n1. The van der Waals surface area contributed by atoms with Gasteiger partial charge in [-0.3, -0.25) is 4.79 Å². The highest BCUT2D eigenvalue weighted by Gasteiger charge is 2.21. The molecule has 1 saturated heterocycles. The molecule has 0 aliphatic carbocycles. The molecule has 0 unspecified atom stereocenters. The zero-order valence-electron chi connectivity index (χ0n) is 12.3. The highest BCUT2D eigenvalue weighted by Crippen LogP contribution is 2.20. The van der Waals surface area contributed by atoms with E-state index in [1.807, 2.05) is 4.90 Å². The average Bonchev–Trinajstić information content (AvgIpc) is 3.01. The minimum Gasteiger partial charge on any atom is -0.464 e. The summed E-state index contributed by atoms with van der Waals surface area (Å²) in [7, 11) is 3.02. The molecule has 21 heavy (non-hydrogen) atoms. The van der Waals surface area contributed by atoms with Gasteiger partial charge in [-0.15, -0.1) is 0 Å². The summed E-state index contributed by atoms with van der Waals surface area (Å²) in [5.74, 6) is -0.0827. The summed E-state index contributed by atoms with van der Waals surface area (Å²) >= 11 is 0. The molecule has 0 spiro atoms. The number of aromatic nitrogens is 1. The van der Waals surface area contributed by atoms with Crippen LogP contribution in [0.25, 0.3) is 0 Å². The number of rotatable bonds is 4. The Bertz CT molecular complexity index is 541. The summed E-state index contributed by atoms with van der Waals surface area (Å²) in [5, 5.41) is 0. The van der Waals surface area contributed by atoms with Gasteiger partial charge in [-0.05, 0) is 25.0 Å². The number of carbonyl (C=O) groups is 2. The van der Waals surface area contributed by atoms with Gasteiger partial charge >= 0.3 is 5.97 Å². The Kier molecular flexibility index (Phi) is 4.62. The lowest BCUT2D eigenvalue weighted by Crippen LogP contribution is -2.37. The smallest absolute Gasteiger partial charge is 0.356 e. The van der Waals surface area contributed by atoms with Crippen LogP contribution in [0, 0.1) is 0 Å². The van der Waals surface area contributed by atoms with Crippen molar-refractivity contribution < 1.29 is 14.3 Å². The van der Waals surface area contributed by atoms with Crippen molar-refractivity contribution in [3.8, 4) is 0 Å². The standard InChI is InChI=1S/C14H20N4O3/c1-17(9-12(19)18-7-3-4-8-18)13-10(15)5-6-11(16-13)14(20)21-2/h5-6H,3-4,7-9,15H2,1-2H3. The average molecular weight is 292 g/mol. The number of likely N-dealkylation sites (N-methyl/N-ethyl adjacent to an activating group) is 1. The molecule has 1 aliphatic rings.